The molecule has 4 nitrogen and oxygen atoms in total. The minimum atomic E-state index is 0.207. The minimum absolute atomic E-state index is 0.207. The van der Waals surface area contributed by atoms with Crippen molar-refractivity contribution in [3.8, 4) is 0 Å². The maximum absolute atomic E-state index is 11.7. The van der Waals surface area contributed by atoms with Gasteiger partial charge in [-0.15, -0.1) is 0 Å². The van der Waals surface area contributed by atoms with Crippen molar-refractivity contribution in [2.75, 3.05) is 26.7 Å². The molecule has 1 N–H and O–H groups in total. The molecule has 17 heavy (non-hydrogen) atoms. The van der Waals surface area contributed by atoms with Gasteiger partial charge in [0, 0.05) is 26.2 Å². The van der Waals surface area contributed by atoms with Crippen LogP contribution in [0.25, 0.3) is 0 Å². The Morgan fingerprint density at radius 1 is 1.35 bits per heavy atom. The highest BCUT2D eigenvalue weighted by molar-refractivity contribution is 5.78. The molecule has 0 radical (unpaired) electrons. The number of nitrogens with zero attached hydrogens (tertiary/aromatic N) is 1. The summed E-state index contributed by atoms with van der Waals surface area (Å²) in [5.74, 6) is 0.207. The average Bonchev–Trinajstić information content (AvgIpc) is 2.38. The number of ether oxygens (including phenoxy) is 1. The van der Waals surface area contributed by atoms with Gasteiger partial charge in [-0.3, -0.25) is 4.79 Å². The molecular formula is C13H28N2O2. The van der Waals surface area contributed by atoms with E-state index in [9.17, 15) is 4.79 Å². The number of carbonyl (C=O) groups is 1. The van der Waals surface area contributed by atoms with Crippen LogP contribution in [0, 0.1) is 0 Å². The van der Waals surface area contributed by atoms with Gasteiger partial charge in [0.1, 0.15) is 0 Å². The Balaban J connectivity index is 0.00000121. The summed E-state index contributed by atoms with van der Waals surface area (Å²) in [5, 5.41) is 3.15. The van der Waals surface area contributed by atoms with Gasteiger partial charge in [-0.2, -0.15) is 0 Å². The lowest BCUT2D eigenvalue weighted by atomic mass is 10.1. The Morgan fingerprint density at radius 2 is 1.88 bits per heavy atom. The van der Waals surface area contributed by atoms with E-state index in [-0.39, 0.29) is 5.91 Å². The number of carbonyl (C=O) groups excluding carboxylic acids is 1. The number of piperidine rings is 1. The lowest BCUT2D eigenvalue weighted by Gasteiger charge is -2.31. The van der Waals surface area contributed by atoms with Crippen LogP contribution in [0.15, 0.2) is 0 Å². The monoisotopic (exact) mass is 244 g/mol. The molecule has 1 aliphatic rings. The van der Waals surface area contributed by atoms with E-state index in [2.05, 4.69) is 5.32 Å². The molecular weight excluding hydrogens is 216 g/mol. The molecule has 4 heteroatoms. The van der Waals surface area contributed by atoms with E-state index in [1.807, 2.05) is 32.6 Å². The lowest BCUT2D eigenvalue weighted by Crippen LogP contribution is -2.45. The normalized spacial score (nSPS) is 16.7. The number of methoxy groups -OCH3 is 1. The molecule has 0 aromatic carbocycles. The van der Waals surface area contributed by atoms with E-state index in [1.165, 1.54) is 0 Å². The molecule has 1 saturated heterocycles. The smallest absolute Gasteiger partial charge is 0.236 e. The molecule has 0 spiro atoms. The molecule has 1 rings (SSSR count). The Bertz CT molecular complexity index is 200. The first-order valence-electron chi connectivity index (χ1n) is 6.67. The zero-order chi connectivity index (χ0) is 13.3. The first-order valence-corrected chi connectivity index (χ1v) is 6.67. The summed E-state index contributed by atoms with van der Waals surface area (Å²) in [6.45, 7) is 10.2. The fourth-order valence-electron chi connectivity index (χ4n) is 1.74. The van der Waals surface area contributed by atoms with Crippen LogP contribution >= 0.6 is 0 Å². The Labute approximate surface area is 106 Å². The maximum atomic E-state index is 11.7. The third kappa shape index (κ3) is 6.64. The number of likely N-dealkylation sites (tertiary alicyclic amines) is 1. The molecule has 0 atom stereocenters. The lowest BCUT2D eigenvalue weighted by molar-refractivity contribution is -0.132. The predicted molar refractivity (Wildman–Crippen MR) is 71.1 cm³/mol. The zero-order valence-electron chi connectivity index (χ0n) is 12.0. The summed E-state index contributed by atoms with van der Waals surface area (Å²) in [4.78, 5) is 13.6. The third-order valence-corrected chi connectivity index (χ3v) is 2.79. The van der Waals surface area contributed by atoms with Crippen molar-refractivity contribution < 1.29 is 9.53 Å². The van der Waals surface area contributed by atoms with Crippen molar-refractivity contribution in [2.24, 2.45) is 0 Å². The summed E-state index contributed by atoms with van der Waals surface area (Å²) >= 11 is 0. The topological polar surface area (TPSA) is 41.6 Å². The Hall–Kier alpha value is -0.610. The Kier molecular flexibility index (Phi) is 9.09. The van der Waals surface area contributed by atoms with Crippen LogP contribution in [0.3, 0.4) is 0 Å². The fraction of sp³-hybridized carbons (Fsp3) is 0.923. The highest BCUT2D eigenvalue weighted by Crippen LogP contribution is 2.12. The molecule has 0 aromatic heterocycles. The van der Waals surface area contributed by atoms with Gasteiger partial charge in [0.15, 0.2) is 0 Å². The molecule has 1 heterocycles. The fourth-order valence-corrected chi connectivity index (χ4v) is 1.74. The van der Waals surface area contributed by atoms with Crippen molar-refractivity contribution in [3.05, 3.63) is 0 Å². The van der Waals surface area contributed by atoms with Gasteiger partial charge < -0.3 is 15.0 Å². The summed E-state index contributed by atoms with van der Waals surface area (Å²) in [6, 6.07) is 0.366. The van der Waals surface area contributed by atoms with Crippen molar-refractivity contribution in [2.45, 2.75) is 52.7 Å². The quantitative estimate of drug-likeness (QED) is 0.817. The molecule has 0 aromatic rings. The van der Waals surface area contributed by atoms with E-state index >= 15 is 0 Å². The van der Waals surface area contributed by atoms with E-state index in [4.69, 9.17) is 4.74 Å². The van der Waals surface area contributed by atoms with Crippen molar-refractivity contribution in [1.29, 1.82) is 0 Å². The van der Waals surface area contributed by atoms with Crippen LogP contribution in [0.5, 0.6) is 0 Å². The molecule has 1 fully saturated rings. The number of hydrogen-bond acceptors (Lipinski definition) is 3. The van der Waals surface area contributed by atoms with E-state index in [0.717, 1.165) is 25.9 Å². The highest BCUT2D eigenvalue weighted by atomic mass is 16.5. The number of rotatable bonds is 4. The van der Waals surface area contributed by atoms with E-state index in [1.54, 1.807) is 7.11 Å². The maximum Gasteiger partial charge on any atom is 0.236 e. The first-order chi connectivity index (χ1) is 8.13. The van der Waals surface area contributed by atoms with Gasteiger partial charge in [0.25, 0.3) is 0 Å². The second-order valence-electron chi connectivity index (χ2n) is 4.35. The molecule has 1 amide bonds. The molecule has 102 valence electrons. The minimum Gasteiger partial charge on any atom is -0.381 e. The number of amides is 1. The van der Waals surface area contributed by atoms with Crippen molar-refractivity contribution in [3.63, 3.8) is 0 Å². The molecule has 0 saturated carbocycles. The molecule has 1 aliphatic heterocycles. The van der Waals surface area contributed by atoms with Crippen LogP contribution in [0.1, 0.15) is 40.5 Å². The zero-order valence-corrected chi connectivity index (χ0v) is 12.0. The van der Waals surface area contributed by atoms with Gasteiger partial charge in [-0.05, 0) is 12.8 Å². The molecule has 0 bridgehead atoms. The summed E-state index contributed by atoms with van der Waals surface area (Å²) in [7, 11) is 1.74. The van der Waals surface area contributed by atoms with Crippen LogP contribution in [0.4, 0.5) is 0 Å². The van der Waals surface area contributed by atoms with Gasteiger partial charge >= 0.3 is 0 Å². The van der Waals surface area contributed by atoms with Crippen molar-refractivity contribution >= 4 is 5.91 Å². The Morgan fingerprint density at radius 3 is 2.29 bits per heavy atom. The highest BCUT2D eigenvalue weighted by Gasteiger charge is 2.21. The summed E-state index contributed by atoms with van der Waals surface area (Å²) < 4.78 is 5.26. The van der Waals surface area contributed by atoms with Crippen LogP contribution in [-0.4, -0.2) is 49.7 Å². The summed E-state index contributed by atoms with van der Waals surface area (Å²) in [6.07, 6.45) is 2.26. The SMILES string of the molecule is CC.COC1CCN(C(=O)CNC(C)C)CC1. The third-order valence-electron chi connectivity index (χ3n) is 2.79. The van der Waals surface area contributed by atoms with Gasteiger partial charge in [0.2, 0.25) is 5.91 Å². The van der Waals surface area contributed by atoms with Gasteiger partial charge in [0.05, 0.1) is 12.6 Å². The predicted octanol–water partition coefficient (Wildman–Crippen LogP) is 1.65. The standard InChI is InChI=1S/C11H22N2O2.C2H6/c1-9(2)12-8-11(14)13-6-4-10(15-3)5-7-13;1-2/h9-10,12H,4-8H2,1-3H3;1-2H3. The summed E-state index contributed by atoms with van der Waals surface area (Å²) in [5.41, 5.74) is 0. The average molecular weight is 244 g/mol. The second kappa shape index (κ2) is 9.42. The van der Waals surface area contributed by atoms with Crippen LogP contribution < -0.4 is 5.32 Å². The van der Waals surface area contributed by atoms with Crippen LogP contribution in [-0.2, 0) is 9.53 Å². The van der Waals surface area contributed by atoms with E-state index in [0.29, 0.717) is 18.7 Å². The molecule has 0 aliphatic carbocycles. The first kappa shape index (κ1) is 16.4. The largest absolute Gasteiger partial charge is 0.381 e. The number of nitrogens with one attached hydrogen (secondary N) is 1. The second-order valence-corrected chi connectivity index (χ2v) is 4.35. The van der Waals surface area contributed by atoms with Gasteiger partial charge in [-0.25, -0.2) is 0 Å². The number of hydrogen-bond donors (Lipinski definition) is 1. The van der Waals surface area contributed by atoms with E-state index < -0.39 is 0 Å². The van der Waals surface area contributed by atoms with Crippen LogP contribution in [0.2, 0.25) is 0 Å². The molecule has 0 unspecified atom stereocenters. The van der Waals surface area contributed by atoms with Gasteiger partial charge in [-0.1, -0.05) is 27.7 Å². The van der Waals surface area contributed by atoms with Crippen molar-refractivity contribution in [1.82, 2.24) is 10.2 Å².